The van der Waals surface area contributed by atoms with E-state index >= 15 is 0 Å². The number of nitrogens with two attached hydrogens (primary N) is 1. The molecule has 1 amide bonds. The number of halogens is 1. The van der Waals surface area contributed by atoms with Gasteiger partial charge in [-0.25, -0.2) is 0 Å². The van der Waals surface area contributed by atoms with Gasteiger partial charge in [0.05, 0.1) is 4.92 Å². The van der Waals surface area contributed by atoms with Crippen LogP contribution in [-0.2, 0) is 9.53 Å². The van der Waals surface area contributed by atoms with Crippen LogP contribution in [0.3, 0.4) is 0 Å². The molecule has 0 fully saturated rings. The highest BCUT2D eigenvalue weighted by Crippen LogP contribution is 2.27. The predicted molar refractivity (Wildman–Crippen MR) is 66.6 cm³/mol. The molecule has 0 heterocycles. The van der Waals surface area contributed by atoms with E-state index in [1.165, 1.54) is 25.3 Å². The highest BCUT2D eigenvalue weighted by molar-refractivity contribution is 6.33. The maximum atomic E-state index is 11.6. The van der Waals surface area contributed by atoms with Crippen LogP contribution in [0.2, 0.25) is 5.02 Å². The molecule has 0 aliphatic carbocycles. The summed E-state index contributed by atoms with van der Waals surface area (Å²) < 4.78 is 4.85. The molecule has 0 radical (unpaired) electrons. The number of carbonyl (C=O) groups excluding carboxylic acids is 1. The lowest BCUT2D eigenvalue weighted by Gasteiger charge is -2.13. The Balaban J connectivity index is 2.83. The number of nitro benzene ring substituents is 1. The Morgan fingerprint density at radius 2 is 2.33 bits per heavy atom. The first-order valence-electron chi connectivity index (χ1n) is 4.97. The van der Waals surface area contributed by atoms with Crippen molar-refractivity contribution in [1.29, 1.82) is 0 Å². The molecule has 1 aromatic carbocycles. The Morgan fingerprint density at radius 3 is 2.78 bits per heavy atom. The number of ether oxygens (including phenoxy) is 1. The molecule has 18 heavy (non-hydrogen) atoms. The molecular formula is C10H12ClN3O4. The van der Waals surface area contributed by atoms with Crippen molar-refractivity contribution in [2.45, 2.75) is 6.10 Å². The monoisotopic (exact) mass is 273 g/mol. The molecular weight excluding hydrogens is 262 g/mol. The summed E-state index contributed by atoms with van der Waals surface area (Å²) in [5.41, 5.74) is 5.44. The molecule has 1 aromatic rings. The minimum atomic E-state index is -0.779. The standard InChI is InChI=1S/C10H12ClN3O4/c1-18-9(5-12)10(15)13-6-2-3-8(14(16)17)7(11)4-6/h2-4,9H,5,12H2,1H3,(H,13,15). The molecule has 1 rings (SSSR count). The van der Waals surface area contributed by atoms with E-state index in [-0.39, 0.29) is 17.3 Å². The number of benzene rings is 1. The summed E-state index contributed by atoms with van der Waals surface area (Å²) in [6.07, 6.45) is -0.779. The average Bonchev–Trinajstić information content (AvgIpc) is 2.30. The lowest BCUT2D eigenvalue weighted by molar-refractivity contribution is -0.384. The van der Waals surface area contributed by atoms with Crippen LogP contribution in [0.25, 0.3) is 0 Å². The number of amides is 1. The number of hydrogen-bond donors (Lipinski definition) is 2. The van der Waals surface area contributed by atoms with Gasteiger partial charge in [0.2, 0.25) is 0 Å². The molecule has 0 saturated heterocycles. The van der Waals surface area contributed by atoms with E-state index in [0.717, 1.165) is 0 Å². The van der Waals surface area contributed by atoms with Gasteiger partial charge in [-0.3, -0.25) is 14.9 Å². The molecule has 98 valence electrons. The summed E-state index contributed by atoms with van der Waals surface area (Å²) in [6.45, 7) is 0.0308. The number of methoxy groups -OCH3 is 1. The topological polar surface area (TPSA) is 107 Å². The summed E-state index contributed by atoms with van der Waals surface area (Å²) in [6, 6.07) is 3.88. The zero-order chi connectivity index (χ0) is 13.7. The molecule has 1 unspecified atom stereocenters. The normalized spacial score (nSPS) is 11.9. The van der Waals surface area contributed by atoms with Crippen molar-refractivity contribution in [3.05, 3.63) is 33.3 Å². The highest BCUT2D eigenvalue weighted by atomic mass is 35.5. The van der Waals surface area contributed by atoms with Gasteiger partial charge < -0.3 is 15.8 Å². The van der Waals surface area contributed by atoms with Crippen molar-refractivity contribution in [1.82, 2.24) is 0 Å². The number of carbonyl (C=O) groups is 1. The van der Waals surface area contributed by atoms with Crippen molar-refractivity contribution >= 4 is 28.9 Å². The van der Waals surface area contributed by atoms with Crippen molar-refractivity contribution in [2.24, 2.45) is 5.73 Å². The molecule has 0 spiro atoms. The van der Waals surface area contributed by atoms with Crippen LogP contribution in [0.15, 0.2) is 18.2 Å². The Bertz CT molecular complexity index is 462. The predicted octanol–water partition coefficient (Wildman–Crippen LogP) is 1.16. The van der Waals surface area contributed by atoms with Crippen LogP contribution < -0.4 is 11.1 Å². The third kappa shape index (κ3) is 3.39. The van der Waals surface area contributed by atoms with Gasteiger partial charge >= 0.3 is 0 Å². The van der Waals surface area contributed by atoms with Gasteiger partial charge in [0.15, 0.2) is 0 Å². The van der Waals surface area contributed by atoms with Crippen molar-refractivity contribution < 1.29 is 14.5 Å². The van der Waals surface area contributed by atoms with Gasteiger partial charge in [0.1, 0.15) is 11.1 Å². The molecule has 0 saturated carbocycles. The van der Waals surface area contributed by atoms with Crippen molar-refractivity contribution in [3.63, 3.8) is 0 Å². The van der Waals surface area contributed by atoms with Crippen LogP contribution >= 0.6 is 11.6 Å². The first kappa shape index (κ1) is 14.4. The van der Waals surface area contributed by atoms with Gasteiger partial charge in [-0.05, 0) is 12.1 Å². The number of rotatable bonds is 5. The summed E-state index contributed by atoms with van der Waals surface area (Å²) in [5.74, 6) is -0.440. The van der Waals surface area contributed by atoms with Crippen LogP contribution in [0.5, 0.6) is 0 Å². The second kappa shape index (κ2) is 6.29. The SMILES string of the molecule is COC(CN)C(=O)Nc1ccc([N+](=O)[O-])c(Cl)c1. The number of nitrogens with zero attached hydrogens (tertiary/aromatic N) is 1. The van der Waals surface area contributed by atoms with Crippen LogP contribution in [0, 0.1) is 10.1 Å². The van der Waals surface area contributed by atoms with Gasteiger partial charge in [-0.2, -0.15) is 0 Å². The first-order chi connectivity index (χ1) is 8.49. The quantitative estimate of drug-likeness (QED) is 0.618. The number of anilines is 1. The lowest BCUT2D eigenvalue weighted by atomic mass is 10.2. The largest absolute Gasteiger partial charge is 0.370 e. The van der Waals surface area contributed by atoms with E-state index in [1.807, 2.05) is 0 Å². The number of nitrogens with one attached hydrogen (secondary N) is 1. The third-order valence-electron chi connectivity index (χ3n) is 2.20. The van der Waals surface area contributed by atoms with Crippen LogP contribution in [0.4, 0.5) is 11.4 Å². The van der Waals surface area contributed by atoms with E-state index in [1.54, 1.807) is 0 Å². The minimum absolute atomic E-state index is 0.0308. The fraction of sp³-hybridized carbons (Fsp3) is 0.300. The average molecular weight is 274 g/mol. The van der Waals surface area contributed by atoms with E-state index in [4.69, 9.17) is 22.1 Å². The molecule has 0 aliphatic rings. The summed E-state index contributed by atoms with van der Waals surface area (Å²) in [5, 5.41) is 13.0. The molecule has 0 aromatic heterocycles. The van der Waals surface area contributed by atoms with E-state index in [2.05, 4.69) is 5.32 Å². The zero-order valence-corrected chi connectivity index (χ0v) is 10.3. The Kier molecular flexibility index (Phi) is 5.02. The minimum Gasteiger partial charge on any atom is -0.370 e. The van der Waals surface area contributed by atoms with Gasteiger partial charge in [0, 0.05) is 25.4 Å². The third-order valence-corrected chi connectivity index (χ3v) is 2.51. The zero-order valence-electron chi connectivity index (χ0n) is 9.55. The van der Waals surface area contributed by atoms with Crippen molar-refractivity contribution in [2.75, 3.05) is 19.0 Å². The number of hydrogen-bond acceptors (Lipinski definition) is 5. The Morgan fingerprint density at radius 1 is 1.67 bits per heavy atom. The molecule has 7 nitrogen and oxygen atoms in total. The van der Waals surface area contributed by atoms with Crippen LogP contribution in [0.1, 0.15) is 0 Å². The molecule has 0 aliphatic heterocycles. The van der Waals surface area contributed by atoms with E-state index < -0.39 is 16.9 Å². The fourth-order valence-electron chi connectivity index (χ4n) is 1.27. The van der Waals surface area contributed by atoms with E-state index in [0.29, 0.717) is 5.69 Å². The van der Waals surface area contributed by atoms with E-state index in [9.17, 15) is 14.9 Å². The maximum absolute atomic E-state index is 11.6. The number of nitro groups is 1. The smallest absolute Gasteiger partial charge is 0.288 e. The van der Waals surface area contributed by atoms with Crippen LogP contribution in [-0.4, -0.2) is 30.6 Å². The summed E-state index contributed by atoms with van der Waals surface area (Å²) in [4.78, 5) is 21.6. The second-order valence-corrected chi connectivity index (χ2v) is 3.78. The van der Waals surface area contributed by atoms with Gasteiger partial charge in [0.25, 0.3) is 11.6 Å². The Hall–Kier alpha value is -1.70. The highest BCUT2D eigenvalue weighted by Gasteiger charge is 2.17. The lowest BCUT2D eigenvalue weighted by Crippen LogP contribution is -2.35. The first-order valence-corrected chi connectivity index (χ1v) is 5.35. The molecule has 1 atom stereocenters. The Labute approximate surface area is 108 Å². The maximum Gasteiger partial charge on any atom is 0.288 e. The second-order valence-electron chi connectivity index (χ2n) is 3.37. The summed E-state index contributed by atoms with van der Waals surface area (Å²) >= 11 is 5.71. The van der Waals surface area contributed by atoms with Gasteiger partial charge in [-0.1, -0.05) is 11.6 Å². The molecule has 3 N–H and O–H groups in total. The molecule has 0 bridgehead atoms. The van der Waals surface area contributed by atoms with Crippen molar-refractivity contribution in [3.8, 4) is 0 Å². The summed E-state index contributed by atoms with van der Waals surface area (Å²) in [7, 11) is 1.36. The van der Waals surface area contributed by atoms with Gasteiger partial charge in [-0.15, -0.1) is 0 Å². The fourth-order valence-corrected chi connectivity index (χ4v) is 1.52. The molecule has 8 heteroatoms.